The van der Waals surface area contributed by atoms with E-state index in [1.54, 1.807) is 11.8 Å². The molecule has 0 saturated heterocycles. The van der Waals surface area contributed by atoms with Crippen LogP contribution in [0.4, 0.5) is 10.1 Å². The third-order valence-corrected chi connectivity index (χ3v) is 2.33. The quantitative estimate of drug-likeness (QED) is 0.717. The van der Waals surface area contributed by atoms with Gasteiger partial charge in [0.1, 0.15) is 5.82 Å². The van der Waals surface area contributed by atoms with Gasteiger partial charge in [-0.1, -0.05) is 6.07 Å². The monoisotopic (exact) mass is 185 g/mol. The van der Waals surface area contributed by atoms with Gasteiger partial charge < -0.3 is 5.73 Å². The highest BCUT2D eigenvalue weighted by Crippen LogP contribution is 2.20. The molecule has 1 aromatic carbocycles. The van der Waals surface area contributed by atoms with Gasteiger partial charge >= 0.3 is 0 Å². The molecule has 0 bridgehead atoms. The third-order valence-electron chi connectivity index (χ3n) is 1.71. The number of rotatable bonds is 2. The van der Waals surface area contributed by atoms with Crippen LogP contribution >= 0.6 is 11.8 Å². The molecule has 0 fully saturated rings. The summed E-state index contributed by atoms with van der Waals surface area (Å²) in [5, 5.41) is 0. The van der Waals surface area contributed by atoms with Crippen LogP contribution in [0.1, 0.15) is 11.1 Å². The van der Waals surface area contributed by atoms with Crippen LogP contribution in [0.15, 0.2) is 12.1 Å². The molecule has 1 rings (SSSR count). The average Bonchev–Trinajstić information content (AvgIpc) is 2.01. The Kier molecular flexibility index (Phi) is 2.98. The second kappa shape index (κ2) is 3.81. The molecule has 0 unspecified atom stereocenters. The first kappa shape index (κ1) is 9.39. The first-order valence-electron chi connectivity index (χ1n) is 3.68. The molecule has 0 spiro atoms. The fourth-order valence-corrected chi connectivity index (χ4v) is 1.58. The molecule has 12 heavy (non-hydrogen) atoms. The van der Waals surface area contributed by atoms with E-state index in [4.69, 9.17) is 5.73 Å². The maximum atomic E-state index is 13.0. The number of hydrogen-bond donors (Lipinski definition) is 1. The minimum absolute atomic E-state index is 0.264. The van der Waals surface area contributed by atoms with Crippen molar-refractivity contribution in [2.45, 2.75) is 12.7 Å². The van der Waals surface area contributed by atoms with Gasteiger partial charge in [0.05, 0.1) is 5.69 Å². The molecule has 3 heteroatoms. The SMILES string of the molecule is CSCc1cc(C)c(N)c(F)c1. The summed E-state index contributed by atoms with van der Waals surface area (Å²) >= 11 is 1.67. The van der Waals surface area contributed by atoms with Crippen LogP contribution in [0.25, 0.3) is 0 Å². The Morgan fingerprint density at radius 3 is 2.67 bits per heavy atom. The van der Waals surface area contributed by atoms with Crippen molar-refractivity contribution in [1.82, 2.24) is 0 Å². The van der Waals surface area contributed by atoms with Crippen molar-refractivity contribution in [1.29, 1.82) is 0 Å². The number of anilines is 1. The molecule has 1 aromatic rings. The Morgan fingerprint density at radius 2 is 2.17 bits per heavy atom. The lowest BCUT2D eigenvalue weighted by Gasteiger charge is -2.04. The van der Waals surface area contributed by atoms with Crippen LogP contribution in [-0.2, 0) is 5.75 Å². The van der Waals surface area contributed by atoms with Crippen molar-refractivity contribution < 1.29 is 4.39 Å². The highest BCUT2D eigenvalue weighted by molar-refractivity contribution is 7.97. The Balaban J connectivity index is 3.04. The van der Waals surface area contributed by atoms with Crippen molar-refractivity contribution in [2.24, 2.45) is 0 Å². The van der Waals surface area contributed by atoms with Crippen LogP contribution in [0.3, 0.4) is 0 Å². The summed E-state index contributed by atoms with van der Waals surface area (Å²) in [7, 11) is 0. The largest absolute Gasteiger partial charge is 0.396 e. The van der Waals surface area contributed by atoms with Gasteiger partial charge in [-0.25, -0.2) is 4.39 Å². The lowest BCUT2D eigenvalue weighted by molar-refractivity contribution is 0.630. The molecule has 0 aromatic heterocycles. The lowest BCUT2D eigenvalue weighted by atomic mass is 10.1. The topological polar surface area (TPSA) is 26.0 Å². The molecule has 0 heterocycles. The molecule has 0 radical (unpaired) electrons. The highest BCUT2D eigenvalue weighted by Gasteiger charge is 2.03. The van der Waals surface area contributed by atoms with E-state index < -0.39 is 0 Å². The fourth-order valence-electron chi connectivity index (χ4n) is 1.08. The average molecular weight is 185 g/mol. The molecule has 2 N–H and O–H groups in total. The predicted octanol–water partition coefficient (Wildman–Crippen LogP) is 2.58. The smallest absolute Gasteiger partial charge is 0.146 e. The van der Waals surface area contributed by atoms with Crippen molar-refractivity contribution in [2.75, 3.05) is 12.0 Å². The number of nitrogens with two attached hydrogens (primary N) is 1. The first-order valence-corrected chi connectivity index (χ1v) is 5.08. The molecular formula is C9H12FNS. The van der Waals surface area contributed by atoms with Gasteiger partial charge in [-0.15, -0.1) is 0 Å². The summed E-state index contributed by atoms with van der Waals surface area (Å²) in [6, 6.07) is 3.42. The molecule has 0 atom stereocenters. The standard InChI is InChI=1S/C9H12FNS/c1-6-3-7(5-12-2)4-8(10)9(6)11/h3-4H,5,11H2,1-2H3. The molecule has 1 nitrogen and oxygen atoms in total. The number of benzene rings is 1. The summed E-state index contributed by atoms with van der Waals surface area (Å²) < 4.78 is 13.0. The van der Waals surface area contributed by atoms with E-state index in [0.29, 0.717) is 0 Å². The summed E-state index contributed by atoms with van der Waals surface area (Å²) in [6.07, 6.45) is 1.99. The molecule has 0 aliphatic carbocycles. The number of nitrogen functional groups attached to an aromatic ring is 1. The number of hydrogen-bond acceptors (Lipinski definition) is 2. The van der Waals surface area contributed by atoms with Gasteiger partial charge in [-0.2, -0.15) is 11.8 Å². The highest BCUT2D eigenvalue weighted by atomic mass is 32.2. The first-order chi connectivity index (χ1) is 5.65. The molecule has 0 aliphatic heterocycles. The molecule has 0 saturated carbocycles. The van der Waals surface area contributed by atoms with E-state index >= 15 is 0 Å². The number of halogens is 1. The Morgan fingerprint density at radius 1 is 1.50 bits per heavy atom. The van der Waals surface area contributed by atoms with E-state index in [2.05, 4.69) is 0 Å². The van der Waals surface area contributed by atoms with Crippen LogP contribution in [0.5, 0.6) is 0 Å². The van der Waals surface area contributed by atoms with Gasteiger partial charge in [0.2, 0.25) is 0 Å². The Bertz CT molecular complexity index is 263. The molecule has 0 amide bonds. The lowest BCUT2D eigenvalue weighted by Crippen LogP contribution is -1.96. The van der Waals surface area contributed by atoms with Gasteiger partial charge in [0, 0.05) is 5.75 Å². The van der Waals surface area contributed by atoms with Crippen LogP contribution in [0.2, 0.25) is 0 Å². The van der Waals surface area contributed by atoms with Crippen molar-refractivity contribution in [3.63, 3.8) is 0 Å². The zero-order valence-electron chi connectivity index (χ0n) is 7.23. The van der Waals surface area contributed by atoms with Gasteiger partial charge in [0.15, 0.2) is 0 Å². The maximum Gasteiger partial charge on any atom is 0.146 e. The predicted molar refractivity (Wildman–Crippen MR) is 52.8 cm³/mol. The summed E-state index contributed by atoms with van der Waals surface area (Å²) in [4.78, 5) is 0. The zero-order chi connectivity index (χ0) is 9.14. The van der Waals surface area contributed by atoms with Crippen LogP contribution < -0.4 is 5.73 Å². The van der Waals surface area contributed by atoms with E-state index in [1.807, 2.05) is 19.2 Å². The second-order valence-corrected chi connectivity index (χ2v) is 3.61. The number of aryl methyl sites for hydroxylation is 1. The van der Waals surface area contributed by atoms with Crippen molar-refractivity contribution in [3.05, 3.63) is 29.1 Å². The van der Waals surface area contributed by atoms with Gasteiger partial charge in [-0.05, 0) is 30.4 Å². The minimum atomic E-state index is -0.306. The Hall–Kier alpha value is -0.700. The molecular weight excluding hydrogens is 173 g/mol. The van der Waals surface area contributed by atoms with Crippen molar-refractivity contribution >= 4 is 17.4 Å². The normalized spacial score (nSPS) is 10.2. The van der Waals surface area contributed by atoms with E-state index in [1.165, 1.54) is 6.07 Å². The number of thioether (sulfide) groups is 1. The van der Waals surface area contributed by atoms with Gasteiger partial charge in [0.25, 0.3) is 0 Å². The van der Waals surface area contributed by atoms with E-state index in [0.717, 1.165) is 16.9 Å². The van der Waals surface area contributed by atoms with Crippen LogP contribution in [0, 0.1) is 12.7 Å². The Labute approximate surface area is 76.2 Å². The molecule has 66 valence electrons. The third kappa shape index (κ3) is 1.91. The summed E-state index contributed by atoms with van der Waals surface area (Å²) in [5.41, 5.74) is 7.54. The van der Waals surface area contributed by atoms with E-state index in [-0.39, 0.29) is 11.5 Å². The van der Waals surface area contributed by atoms with Crippen molar-refractivity contribution in [3.8, 4) is 0 Å². The second-order valence-electron chi connectivity index (χ2n) is 2.74. The molecule has 0 aliphatic rings. The van der Waals surface area contributed by atoms with Gasteiger partial charge in [-0.3, -0.25) is 0 Å². The summed E-state index contributed by atoms with van der Waals surface area (Å²) in [6.45, 7) is 1.82. The minimum Gasteiger partial charge on any atom is -0.396 e. The van der Waals surface area contributed by atoms with Crippen LogP contribution in [-0.4, -0.2) is 6.26 Å². The maximum absolute atomic E-state index is 13.0. The zero-order valence-corrected chi connectivity index (χ0v) is 8.04. The summed E-state index contributed by atoms with van der Waals surface area (Å²) in [5.74, 6) is 0.525. The fraction of sp³-hybridized carbons (Fsp3) is 0.333. The van der Waals surface area contributed by atoms with E-state index in [9.17, 15) is 4.39 Å².